The Balaban J connectivity index is 2.24. The number of hydrogen-bond acceptors (Lipinski definition) is 4. The minimum Gasteiger partial charge on any atom is -0.464 e. The van der Waals surface area contributed by atoms with Gasteiger partial charge < -0.3 is 9.72 Å². The van der Waals surface area contributed by atoms with E-state index >= 15 is 0 Å². The van der Waals surface area contributed by atoms with Gasteiger partial charge in [-0.05, 0) is 42.3 Å². The molecule has 0 bridgehead atoms. The van der Waals surface area contributed by atoms with Gasteiger partial charge in [0.15, 0.2) is 0 Å². The van der Waals surface area contributed by atoms with Crippen LogP contribution in [0.3, 0.4) is 0 Å². The molecule has 1 aromatic heterocycles. The fourth-order valence-electron chi connectivity index (χ4n) is 2.62. The lowest BCUT2D eigenvalue weighted by molar-refractivity contribution is 0.0596. The van der Waals surface area contributed by atoms with Crippen molar-refractivity contribution in [3.05, 3.63) is 48.2 Å². The largest absolute Gasteiger partial charge is 0.464 e. The molecule has 3 rings (SSSR count). The van der Waals surface area contributed by atoms with Crippen molar-refractivity contribution in [2.75, 3.05) is 19.6 Å². The molecule has 0 saturated heterocycles. The molecule has 3 aromatic rings. The zero-order chi connectivity index (χ0) is 16.4. The summed E-state index contributed by atoms with van der Waals surface area (Å²) in [6.07, 6.45) is 4.08. The van der Waals surface area contributed by atoms with Crippen LogP contribution in [-0.2, 0) is 4.74 Å². The summed E-state index contributed by atoms with van der Waals surface area (Å²) in [6, 6.07) is 14.4. The minimum atomic E-state index is -0.351. The Bertz CT molecular complexity index is 853. The topological polar surface area (TPSA) is 42.1 Å². The van der Waals surface area contributed by atoms with E-state index in [4.69, 9.17) is 4.74 Å². The summed E-state index contributed by atoms with van der Waals surface area (Å²) in [5, 5.41) is 1.03. The van der Waals surface area contributed by atoms with Crippen LogP contribution in [0.1, 0.15) is 10.5 Å². The Morgan fingerprint density at radius 3 is 2.26 bits per heavy atom. The van der Waals surface area contributed by atoms with Gasteiger partial charge in [-0.15, -0.1) is 23.5 Å². The Morgan fingerprint density at radius 1 is 1.00 bits per heavy atom. The van der Waals surface area contributed by atoms with E-state index in [0.29, 0.717) is 5.69 Å². The van der Waals surface area contributed by atoms with Crippen molar-refractivity contribution in [1.82, 2.24) is 4.98 Å². The molecule has 3 nitrogen and oxygen atoms in total. The van der Waals surface area contributed by atoms with Crippen LogP contribution in [0, 0.1) is 0 Å². The average molecular weight is 343 g/mol. The molecule has 0 aliphatic heterocycles. The van der Waals surface area contributed by atoms with Crippen molar-refractivity contribution in [1.29, 1.82) is 0 Å². The molecule has 0 saturated carbocycles. The molecule has 2 aromatic carbocycles. The molecular weight excluding hydrogens is 326 g/mol. The third-order valence-electron chi connectivity index (χ3n) is 3.77. The molecule has 0 unspecified atom stereocenters. The van der Waals surface area contributed by atoms with E-state index in [1.807, 2.05) is 24.6 Å². The molecule has 0 aliphatic carbocycles. The number of benzene rings is 2. The van der Waals surface area contributed by atoms with E-state index in [1.54, 1.807) is 23.5 Å². The summed E-state index contributed by atoms with van der Waals surface area (Å²) in [5.74, 6) is -0.351. The second kappa shape index (κ2) is 6.72. The standard InChI is InChI=1S/C18H17NO2S2/c1-21-18(20)17-16(11-4-6-12(22-2)7-5-11)14-9-8-13(23-3)10-15(14)19-17/h4-10,19H,1-3H3. The normalized spacial score (nSPS) is 10.9. The maximum atomic E-state index is 12.2. The van der Waals surface area contributed by atoms with Gasteiger partial charge in [0.2, 0.25) is 0 Å². The summed E-state index contributed by atoms with van der Waals surface area (Å²) in [4.78, 5) is 17.8. The molecular formula is C18H17NO2S2. The first-order chi connectivity index (χ1) is 11.2. The maximum Gasteiger partial charge on any atom is 0.355 e. The smallest absolute Gasteiger partial charge is 0.355 e. The van der Waals surface area contributed by atoms with Gasteiger partial charge in [-0.1, -0.05) is 18.2 Å². The molecule has 0 spiro atoms. The van der Waals surface area contributed by atoms with E-state index in [1.165, 1.54) is 12.0 Å². The Morgan fingerprint density at radius 2 is 1.65 bits per heavy atom. The molecule has 118 valence electrons. The first kappa shape index (κ1) is 16.0. The third kappa shape index (κ3) is 2.99. The van der Waals surface area contributed by atoms with Gasteiger partial charge >= 0.3 is 5.97 Å². The number of esters is 1. The number of hydrogen-bond donors (Lipinski definition) is 1. The third-order valence-corrected chi connectivity index (χ3v) is 5.24. The molecule has 0 fully saturated rings. The van der Waals surface area contributed by atoms with Crippen molar-refractivity contribution in [2.45, 2.75) is 9.79 Å². The lowest BCUT2D eigenvalue weighted by Crippen LogP contribution is -2.03. The lowest BCUT2D eigenvalue weighted by atomic mass is 10.0. The van der Waals surface area contributed by atoms with Crippen LogP contribution in [0.15, 0.2) is 52.3 Å². The number of methoxy groups -OCH3 is 1. The number of ether oxygens (including phenoxy) is 1. The number of thioether (sulfide) groups is 2. The molecule has 0 radical (unpaired) electrons. The fourth-order valence-corrected chi connectivity index (χ4v) is 3.46. The number of rotatable bonds is 4. The number of fused-ring (bicyclic) bond motifs is 1. The summed E-state index contributed by atoms with van der Waals surface area (Å²) in [6.45, 7) is 0. The highest BCUT2D eigenvalue weighted by Gasteiger charge is 2.19. The maximum absolute atomic E-state index is 12.2. The van der Waals surface area contributed by atoms with Crippen molar-refractivity contribution in [3.63, 3.8) is 0 Å². The number of nitrogens with one attached hydrogen (secondary N) is 1. The molecule has 0 aliphatic rings. The summed E-state index contributed by atoms with van der Waals surface area (Å²) < 4.78 is 4.95. The first-order valence-electron chi connectivity index (χ1n) is 7.10. The van der Waals surface area contributed by atoms with Crippen LogP contribution in [0.25, 0.3) is 22.0 Å². The zero-order valence-corrected chi connectivity index (χ0v) is 14.8. The summed E-state index contributed by atoms with van der Waals surface area (Å²) in [5.41, 5.74) is 3.34. The number of carbonyl (C=O) groups excluding carboxylic acids is 1. The fraction of sp³-hybridized carbons (Fsp3) is 0.167. The van der Waals surface area contributed by atoms with Gasteiger partial charge in [0, 0.05) is 26.3 Å². The Hall–Kier alpha value is -1.85. The second-order valence-electron chi connectivity index (χ2n) is 5.01. The van der Waals surface area contributed by atoms with Crippen molar-refractivity contribution < 1.29 is 9.53 Å². The quantitative estimate of drug-likeness (QED) is 0.531. The van der Waals surface area contributed by atoms with Gasteiger partial charge in [-0.3, -0.25) is 0 Å². The highest BCUT2D eigenvalue weighted by molar-refractivity contribution is 7.98. The van der Waals surface area contributed by atoms with E-state index in [9.17, 15) is 4.79 Å². The van der Waals surface area contributed by atoms with Crippen LogP contribution < -0.4 is 0 Å². The number of aromatic amines is 1. The van der Waals surface area contributed by atoms with Crippen molar-refractivity contribution in [2.24, 2.45) is 0 Å². The number of aromatic nitrogens is 1. The van der Waals surface area contributed by atoms with Crippen molar-refractivity contribution >= 4 is 40.4 Å². The molecule has 0 atom stereocenters. The summed E-state index contributed by atoms with van der Waals surface area (Å²) >= 11 is 3.37. The zero-order valence-electron chi connectivity index (χ0n) is 13.2. The predicted molar refractivity (Wildman–Crippen MR) is 98.6 cm³/mol. The molecule has 5 heteroatoms. The highest BCUT2D eigenvalue weighted by atomic mass is 32.2. The number of carbonyl (C=O) groups is 1. The van der Waals surface area contributed by atoms with Gasteiger partial charge in [-0.2, -0.15) is 0 Å². The van der Waals surface area contributed by atoms with Gasteiger partial charge in [0.25, 0.3) is 0 Å². The number of H-pyrrole nitrogens is 1. The van der Waals surface area contributed by atoms with Crippen LogP contribution in [0.4, 0.5) is 0 Å². The van der Waals surface area contributed by atoms with Gasteiger partial charge in [0.1, 0.15) is 5.69 Å². The minimum absolute atomic E-state index is 0.351. The monoisotopic (exact) mass is 343 g/mol. The Labute approximate surface area is 143 Å². The molecule has 0 amide bonds. The molecule has 1 N–H and O–H groups in total. The average Bonchev–Trinajstić information content (AvgIpc) is 2.99. The second-order valence-corrected chi connectivity index (χ2v) is 6.77. The van der Waals surface area contributed by atoms with Crippen LogP contribution >= 0.6 is 23.5 Å². The van der Waals surface area contributed by atoms with Crippen LogP contribution in [0.5, 0.6) is 0 Å². The van der Waals surface area contributed by atoms with E-state index in [0.717, 1.165) is 26.9 Å². The van der Waals surface area contributed by atoms with E-state index in [-0.39, 0.29) is 5.97 Å². The van der Waals surface area contributed by atoms with Gasteiger partial charge in [0.05, 0.1) is 7.11 Å². The van der Waals surface area contributed by atoms with Crippen molar-refractivity contribution in [3.8, 4) is 11.1 Å². The van der Waals surface area contributed by atoms with E-state index < -0.39 is 0 Å². The molecule has 23 heavy (non-hydrogen) atoms. The first-order valence-corrected chi connectivity index (χ1v) is 9.55. The summed E-state index contributed by atoms with van der Waals surface area (Å²) in [7, 11) is 1.40. The predicted octanol–water partition coefficient (Wildman–Crippen LogP) is 5.07. The van der Waals surface area contributed by atoms with Gasteiger partial charge in [-0.25, -0.2) is 4.79 Å². The Kier molecular flexibility index (Phi) is 4.68. The lowest BCUT2D eigenvalue weighted by Gasteiger charge is -2.05. The SMILES string of the molecule is COC(=O)c1[nH]c2cc(SC)ccc2c1-c1ccc(SC)cc1. The van der Waals surface area contributed by atoms with Crippen LogP contribution in [-0.4, -0.2) is 30.6 Å². The van der Waals surface area contributed by atoms with Crippen LogP contribution in [0.2, 0.25) is 0 Å². The van der Waals surface area contributed by atoms with E-state index in [2.05, 4.69) is 35.3 Å². The highest BCUT2D eigenvalue weighted by Crippen LogP contribution is 2.35. The molecule has 1 heterocycles.